The molecule has 2 fully saturated rings. The van der Waals surface area contributed by atoms with Gasteiger partial charge in [-0.2, -0.15) is 4.31 Å². The third-order valence-corrected chi connectivity index (χ3v) is 6.38. The predicted molar refractivity (Wildman–Crippen MR) is 78.0 cm³/mol. The van der Waals surface area contributed by atoms with Gasteiger partial charge in [-0.3, -0.25) is 9.69 Å². The van der Waals surface area contributed by atoms with E-state index in [2.05, 4.69) is 10.5 Å². The minimum absolute atomic E-state index is 0.0103. The van der Waals surface area contributed by atoms with Crippen molar-refractivity contribution < 1.29 is 22.5 Å². The summed E-state index contributed by atoms with van der Waals surface area (Å²) in [6.45, 7) is 3.65. The van der Waals surface area contributed by atoms with Crippen molar-refractivity contribution >= 4 is 22.0 Å². The largest absolute Gasteiger partial charge is 0.360 e. The highest BCUT2D eigenvalue weighted by Gasteiger charge is 2.40. The van der Waals surface area contributed by atoms with E-state index in [1.165, 1.54) is 9.21 Å². The zero-order chi connectivity index (χ0) is 16.8. The van der Waals surface area contributed by atoms with E-state index in [1.54, 1.807) is 13.8 Å². The highest BCUT2D eigenvalue weighted by Crippen LogP contribution is 2.27. The first-order valence-electron chi connectivity index (χ1n) is 7.35. The Kier molecular flexibility index (Phi) is 3.88. The fraction of sp³-hybridized carbons (Fsp3) is 0.615. The van der Waals surface area contributed by atoms with Gasteiger partial charge in [0.15, 0.2) is 5.76 Å². The molecule has 23 heavy (non-hydrogen) atoms. The topological polar surface area (TPSA) is 113 Å². The van der Waals surface area contributed by atoms with Crippen molar-refractivity contribution in [1.82, 2.24) is 19.7 Å². The second-order valence-corrected chi connectivity index (χ2v) is 7.59. The van der Waals surface area contributed by atoms with E-state index in [0.717, 1.165) is 0 Å². The highest BCUT2D eigenvalue weighted by molar-refractivity contribution is 7.89. The van der Waals surface area contributed by atoms with Gasteiger partial charge in [0.25, 0.3) is 0 Å². The van der Waals surface area contributed by atoms with Gasteiger partial charge in [-0.25, -0.2) is 13.2 Å². The first-order valence-corrected chi connectivity index (χ1v) is 8.79. The Morgan fingerprint density at radius 2 is 1.87 bits per heavy atom. The summed E-state index contributed by atoms with van der Waals surface area (Å²) in [6, 6.07) is -0.664. The molecule has 0 bridgehead atoms. The standard InChI is InChI=1S/C13H18N4O5S/c1-8-12(9(2)22-15-8)23(20,21)16-5-3-10(4-6-16)17-11(18)7-14-13(17)19/h10H,3-7H2,1-2H3,(H,14,19). The molecule has 0 aromatic carbocycles. The predicted octanol–water partition coefficient (Wildman–Crippen LogP) is -0.00366. The number of sulfonamides is 1. The van der Waals surface area contributed by atoms with Gasteiger partial charge in [0, 0.05) is 19.1 Å². The molecular weight excluding hydrogens is 324 g/mol. The molecule has 3 amide bonds. The zero-order valence-electron chi connectivity index (χ0n) is 12.9. The summed E-state index contributed by atoms with van der Waals surface area (Å²) in [5.41, 5.74) is 0.332. The van der Waals surface area contributed by atoms with Crippen molar-refractivity contribution in [3.63, 3.8) is 0 Å². The molecule has 2 aliphatic rings. The lowest BCUT2D eigenvalue weighted by Crippen LogP contribution is -2.49. The molecule has 3 rings (SSSR count). The number of urea groups is 1. The van der Waals surface area contributed by atoms with Crippen LogP contribution in [0, 0.1) is 13.8 Å². The van der Waals surface area contributed by atoms with Gasteiger partial charge in [0.05, 0.1) is 6.54 Å². The number of piperidine rings is 1. The Morgan fingerprint density at radius 3 is 2.35 bits per heavy atom. The van der Waals surface area contributed by atoms with Gasteiger partial charge in [0.2, 0.25) is 15.9 Å². The summed E-state index contributed by atoms with van der Waals surface area (Å²) in [6.07, 6.45) is 0.837. The molecule has 0 aliphatic carbocycles. The number of imide groups is 1. The van der Waals surface area contributed by atoms with E-state index in [1.807, 2.05) is 0 Å². The van der Waals surface area contributed by atoms with Crippen LogP contribution in [0.25, 0.3) is 0 Å². The van der Waals surface area contributed by atoms with Crippen LogP contribution in [0.3, 0.4) is 0 Å². The Morgan fingerprint density at radius 1 is 1.22 bits per heavy atom. The quantitative estimate of drug-likeness (QED) is 0.774. The summed E-state index contributed by atoms with van der Waals surface area (Å²) < 4.78 is 31.7. The second kappa shape index (κ2) is 5.60. The molecule has 0 saturated carbocycles. The van der Waals surface area contributed by atoms with E-state index in [9.17, 15) is 18.0 Å². The van der Waals surface area contributed by atoms with Crippen LogP contribution < -0.4 is 5.32 Å². The summed E-state index contributed by atoms with van der Waals surface area (Å²) in [5.74, 6) is 0.000697. The maximum atomic E-state index is 12.7. The summed E-state index contributed by atoms with van der Waals surface area (Å²) >= 11 is 0. The van der Waals surface area contributed by atoms with Crippen molar-refractivity contribution in [1.29, 1.82) is 0 Å². The molecule has 126 valence electrons. The molecule has 3 heterocycles. The van der Waals surface area contributed by atoms with Crippen molar-refractivity contribution in [2.45, 2.75) is 37.6 Å². The smallest absolute Gasteiger partial charge is 0.324 e. The molecule has 10 heteroatoms. The number of rotatable bonds is 3. The minimum Gasteiger partial charge on any atom is -0.360 e. The van der Waals surface area contributed by atoms with E-state index >= 15 is 0 Å². The van der Waals surface area contributed by atoms with Crippen molar-refractivity contribution in [3.8, 4) is 0 Å². The van der Waals surface area contributed by atoms with Crippen LogP contribution in [0.5, 0.6) is 0 Å². The third-order valence-electron chi connectivity index (χ3n) is 4.23. The lowest BCUT2D eigenvalue weighted by Gasteiger charge is -2.34. The number of hydrogen-bond donors (Lipinski definition) is 1. The fourth-order valence-corrected chi connectivity index (χ4v) is 4.88. The lowest BCUT2D eigenvalue weighted by molar-refractivity contribution is -0.127. The zero-order valence-corrected chi connectivity index (χ0v) is 13.7. The van der Waals surface area contributed by atoms with Crippen LogP contribution in [-0.4, -0.2) is 60.4 Å². The van der Waals surface area contributed by atoms with Gasteiger partial charge < -0.3 is 9.84 Å². The van der Waals surface area contributed by atoms with Crippen molar-refractivity contribution in [3.05, 3.63) is 11.5 Å². The molecule has 1 aromatic heterocycles. The number of amides is 3. The average Bonchev–Trinajstić information content (AvgIpc) is 3.02. The highest BCUT2D eigenvalue weighted by atomic mass is 32.2. The monoisotopic (exact) mass is 342 g/mol. The van der Waals surface area contributed by atoms with Gasteiger partial charge in [-0.1, -0.05) is 5.16 Å². The first-order chi connectivity index (χ1) is 10.8. The van der Waals surface area contributed by atoms with Gasteiger partial charge >= 0.3 is 6.03 Å². The normalized spacial score (nSPS) is 21.0. The van der Waals surface area contributed by atoms with Crippen LogP contribution in [-0.2, 0) is 14.8 Å². The van der Waals surface area contributed by atoms with E-state index in [0.29, 0.717) is 18.5 Å². The molecule has 2 aliphatic heterocycles. The number of carbonyl (C=O) groups is 2. The molecule has 0 spiro atoms. The maximum absolute atomic E-state index is 12.7. The summed E-state index contributed by atoms with van der Waals surface area (Å²) in [4.78, 5) is 24.7. The molecule has 1 N–H and O–H groups in total. The summed E-state index contributed by atoms with van der Waals surface area (Å²) in [5, 5.41) is 6.17. The molecule has 9 nitrogen and oxygen atoms in total. The number of carbonyl (C=O) groups excluding carboxylic acids is 2. The van der Waals surface area contributed by atoms with Crippen molar-refractivity contribution in [2.75, 3.05) is 19.6 Å². The first kappa shape index (κ1) is 15.9. The van der Waals surface area contributed by atoms with Gasteiger partial charge in [-0.05, 0) is 26.7 Å². The van der Waals surface area contributed by atoms with E-state index < -0.39 is 16.1 Å². The summed E-state index contributed by atoms with van der Waals surface area (Å²) in [7, 11) is -3.68. The Bertz CT molecular complexity index is 713. The van der Waals surface area contributed by atoms with Gasteiger partial charge in [0.1, 0.15) is 10.6 Å². The van der Waals surface area contributed by atoms with Crippen LogP contribution in [0.15, 0.2) is 9.42 Å². The van der Waals surface area contributed by atoms with Crippen LogP contribution >= 0.6 is 0 Å². The van der Waals surface area contributed by atoms with Crippen LogP contribution in [0.4, 0.5) is 4.79 Å². The molecule has 2 saturated heterocycles. The fourth-order valence-electron chi connectivity index (χ4n) is 3.12. The van der Waals surface area contributed by atoms with Crippen molar-refractivity contribution in [2.24, 2.45) is 0 Å². The van der Waals surface area contributed by atoms with Crippen LogP contribution in [0.2, 0.25) is 0 Å². The number of hydrogen-bond acceptors (Lipinski definition) is 6. The number of nitrogens with one attached hydrogen (secondary N) is 1. The Balaban J connectivity index is 1.74. The molecular formula is C13H18N4O5S. The average molecular weight is 342 g/mol. The number of aromatic nitrogens is 1. The van der Waals surface area contributed by atoms with Gasteiger partial charge in [-0.15, -0.1) is 0 Å². The lowest BCUT2D eigenvalue weighted by atomic mass is 10.1. The maximum Gasteiger partial charge on any atom is 0.324 e. The van der Waals surface area contributed by atoms with E-state index in [-0.39, 0.29) is 42.2 Å². The molecule has 0 unspecified atom stereocenters. The number of aryl methyl sites for hydroxylation is 2. The van der Waals surface area contributed by atoms with E-state index in [4.69, 9.17) is 4.52 Å². The van der Waals surface area contributed by atoms with Crippen LogP contribution in [0.1, 0.15) is 24.3 Å². The Labute approximate surface area is 133 Å². The third kappa shape index (κ3) is 2.61. The Hall–Kier alpha value is -1.94. The molecule has 1 aromatic rings. The minimum atomic E-state index is -3.68. The molecule has 0 atom stereocenters. The molecule has 0 radical (unpaired) electrons. The SMILES string of the molecule is Cc1noc(C)c1S(=O)(=O)N1CCC(N2C(=O)CNC2=O)CC1. The second-order valence-electron chi connectivity index (χ2n) is 5.71. The number of nitrogens with zero attached hydrogens (tertiary/aromatic N) is 3.